The molecule has 144 valence electrons. The Labute approximate surface area is 162 Å². The van der Waals surface area contributed by atoms with Gasteiger partial charge < -0.3 is 19.0 Å². The molecule has 1 amide bonds. The summed E-state index contributed by atoms with van der Waals surface area (Å²) in [4.78, 5) is 26.3. The molecule has 5 rings (SSSR count). The first-order valence-electron chi connectivity index (χ1n) is 9.65. The maximum absolute atomic E-state index is 13.5. The second-order valence-electron chi connectivity index (χ2n) is 7.26. The topological polar surface area (TPSA) is 71.7 Å². The van der Waals surface area contributed by atoms with Crippen molar-refractivity contribution in [2.24, 2.45) is 0 Å². The normalized spacial score (nSPS) is 17.0. The number of carbonyl (C=O) groups is 1. The minimum Gasteiger partial charge on any atom is -0.442 e. The summed E-state index contributed by atoms with van der Waals surface area (Å²) in [5.74, 6) is 1.33. The Morgan fingerprint density at radius 1 is 1.07 bits per heavy atom. The summed E-state index contributed by atoms with van der Waals surface area (Å²) in [5.41, 5.74) is 3.57. The van der Waals surface area contributed by atoms with Crippen molar-refractivity contribution in [3.05, 3.63) is 53.0 Å². The number of aryl methyl sites for hydroxylation is 1. The molecule has 0 aliphatic carbocycles. The van der Waals surface area contributed by atoms with Gasteiger partial charge in [-0.15, -0.1) is 0 Å². The number of hydrogen-bond acceptors (Lipinski definition) is 6. The van der Waals surface area contributed by atoms with Gasteiger partial charge in [0.1, 0.15) is 17.9 Å². The van der Waals surface area contributed by atoms with Crippen molar-refractivity contribution in [2.45, 2.75) is 19.9 Å². The molecule has 1 saturated heterocycles. The smallest absolute Gasteiger partial charge is 0.258 e. The second kappa shape index (κ2) is 6.91. The van der Waals surface area contributed by atoms with E-state index in [-0.39, 0.29) is 5.91 Å². The van der Waals surface area contributed by atoms with Crippen LogP contribution in [0.3, 0.4) is 0 Å². The van der Waals surface area contributed by atoms with E-state index in [9.17, 15) is 4.79 Å². The molecule has 7 heteroatoms. The summed E-state index contributed by atoms with van der Waals surface area (Å²) in [7, 11) is 0. The number of fused-ring (bicyclic) bond motifs is 2. The number of rotatable bonds is 2. The molecule has 2 aliphatic rings. The van der Waals surface area contributed by atoms with Gasteiger partial charge in [-0.3, -0.25) is 4.79 Å². The number of morpholine rings is 1. The second-order valence-corrected chi connectivity index (χ2v) is 7.26. The molecule has 0 atom stereocenters. The molecular formula is C21H22N4O3. The molecule has 1 fully saturated rings. The maximum atomic E-state index is 13.5. The number of carbonyl (C=O) groups excluding carboxylic acids is 1. The summed E-state index contributed by atoms with van der Waals surface area (Å²) >= 11 is 0. The van der Waals surface area contributed by atoms with Crippen LogP contribution in [0.4, 0.5) is 5.82 Å². The molecule has 0 saturated carbocycles. The summed E-state index contributed by atoms with van der Waals surface area (Å²) in [5, 5.41) is 0.714. The number of aromatic nitrogens is 2. The van der Waals surface area contributed by atoms with E-state index < -0.39 is 0 Å². The fourth-order valence-electron chi connectivity index (χ4n) is 4.13. The first-order valence-corrected chi connectivity index (χ1v) is 9.65. The third-order valence-corrected chi connectivity index (χ3v) is 5.59. The molecule has 0 bridgehead atoms. The van der Waals surface area contributed by atoms with Gasteiger partial charge in [-0.25, -0.2) is 9.97 Å². The maximum Gasteiger partial charge on any atom is 0.258 e. The number of ether oxygens (including phenoxy) is 1. The third kappa shape index (κ3) is 2.82. The van der Waals surface area contributed by atoms with Crippen LogP contribution in [0.5, 0.6) is 0 Å². The summed E-state index contributed by atoms with van der Waals surface area (Å²) in [6, 6.07) is 8.31. The lowest BCUT2D eigenvalue weighted by Gasteiger charge is -2.30. The van der Waals surface area contributed by atoms with E-state index in [0.29, 0.717) is 48.7 Å². The molecular weight excluding hydrogens is 356 g/mol. The zero-order chi connectivity index (χ0) is 19.1. The number of furan rings is 1. The molecule has 2 aliphatic heterocycles. The number of amides is 1. The van der Waals surface area contributed by atoms with E-state index in [4.69, 9.17) is 9.15 Å². The van der Waals surface area contributed by atoms with E-state index in [0.717, 1.165) is 25.3 Å². The van der Waals surface area contributed by atoms with Gasteiger partial charge in [-0.2, -0.15) is 0 Å². The highest BCUT2D eigenvalue weighted by Gasteiger charge is 2.30. The minimum absolute atomic E-state index is 0.0185. The Morgan fingerprint density at radius 3 is 2.68 bits per heavy atom. The molecule has 0 spiro atoms. The van der Waals surface area contributed by atoms with Crippen molar-refractivity contribution < 1.29 is 13.9 Å². The van der Waals surface area contributed by atoms with Gasteiger partial charge in [0.2, 0.25) is 5.71 Å². The Hall–Kier alpha value is -2.93. The van der Waals surface area contributed by atoms with Gasteiger partial charge in [0.15, 0.2) is 0 Å². The lowest BCUT2D eigenvalue weighted by molar-refractivity contribution is 0.0734. The van der Waals surface area contributed by atoms with Gasteiger partial charge in [-0.05, 0) is 24.5 Å². The summed E-state index contributed by atoms with van der Waals surface area (Å²) in [6.07, 6.45) is 2.37. The molecule has 0 radical (unpaired) electrons. The Morgan fingerprint density at radius 2 is 1.86 bits per heavy atom. The minimum atomic E-state index is -0.0185. The summed E-state index contributed by atoms with van der Waals surface area (Å²) < 4.78 is 11.3. The van der Waals surface area contributed by atoms with Crippen LogP contribution in [0.15, 0.2) is 35.0 Å². The van der Waals surface area contributed by atoms with Gasteiger partial charge in [0, 0.05) is 26.2 Å². The van der Waals surface area contributed by atoms with Crippen LogP contribution < -0.4 is 4.90 Å². The molecule has 1 aromatic carbocycles. The first kappa shape index (κ1) is 17.2. The molecule has 0 unspecified atom stereocenters. The van der Waals surface area contributed by atoms with E-state index in [1.807, 2.05) is 17.9 Å². The molecule has 0 N–H and O–H groups in total. The summed E-state index contributed by atoms with van der Waals surface area (Å²) in [6.45, 7) is 5.91. The standard InChI is InChI=1S/C21H22N4O3/c1-14-17(21(26)25-7-6-15-4-2-3-5-16(15)12-25)18-19(22-13-23-20(18)28-14)24-8-10-27-11-9-24/h2-5,13H,6-12H2,1H3. The molecule has 28 heavy (non-hydrogen) atoms. The SMILES string of the molecule is Cc1oc2ncnc(N3CCOCC3)c2c1C(=O)N1CCc2ccccc2C1. The van der Waals surface area contributed by atoms with Crippen molar-refractivity contribution in [2.75, 3.05) is 37.7 Å². The zero-order valence-corrected chi connectivity index (χ0v) is 15.9. The fourth-order valence-corrected chi connectivity index (χ4v) is 4.13. The average molecular weight is 378 g/mol. The van der Waals surface area contributed by atoms with Crippen molar-refractivity contribution in [3.8, 4) is 0 Å². The fraction of sp³-hybridized carbons (Fsp3) is 0.381. The zero-order valence-electron chi connectivity index (χ0n) is 15.9. The van der Waals surface area contributed by atoms with Crippen LogP contribution >= 0.6 is 0 Å². The Kier molecular flexibility index (Phi) is 4.24. The number of nitrogens with zero attached hydrogens (tertiary/aromatic N) is 4. The van der Waals surface area contributed by atoms with Crippen molar-refractivity contribution >= 4 is 22.8 Å². The van der Waals surface area contributed by atoms with Gasteiger partial charge in [0.05, 0.1) is 24.2 Å². The predicted octanol–water partition coefficient (Wildman–Crippen LogP) is 2.57. The lowest BCUT2D eigenvalue weighted by Crippen LogP contribution is -2.38. The Balaban J connectivity index is 1.55. The highest BCUT2D eigenvalue weighted by molar-refractivity contribution is 6.10. The van der Waals surface area contributed by atoms with Crippen LogP contribution in [0.25, 0.3) is 11.1 Å². The van der Waals surface area contributed by atoms with E-state index in [1.165, 1.54) is 17.5 Å². The largest absolute Gasteiger partial charge is 0.442 e. The van der Waals surface area contributed by atoms with E-state index >= 15 is 0 Å². The quantitative estimate of drug-likeness (QED) is 0.683. The highest BCUT2D eigenvalue weighted by atomic mass is 16.5. The van der Waals surface area contributed by atoms with Gasteiger partial charge in [-0.1, -0.05) is 24.3 Å². The van der Waals surface area contributed by atoms with Crippen LogP contribution in [0.2, 0.25) is 0 Å². The van der Waals surface area contributed by atoms with Gasteiger partial charge in [0.25, 0.3) is 5.91 Å². The lowest BCUT2D eigenvalue weighted by atomic mass is 9.99. The number of anilines is 1. The predicted molar refractivity (Wildman–Crippen MR) is 104 cm³/mol. The number of benzene rings is 1. The van der Waals surface area contributed by atoms with Crippen LogP contribution in [-0.2, 0) is 17.7 Å². The van der Waals surface area contributed by atoms with Crippen molar-refractivity contribution in [3.63, 3.8) is 0 Å². The van der Waals surface area contributed by atoms with Crippen molar-refractivity contribution in [1.82, 2.24) is 14.9 Å². The molecule has 2 aromatic heterocycles. The third-order valence-electron chi connectivity index (χ3n) is 5.59. The number of hydrogen-bond donors (Lipinski definition) is 0. The van der Waals surface area contributed by atoms with Crippen LogP contribution in [0.1, 0.15) is 27.2 Å². The van der Waals surface area contributed by atoms with Crippen molar-refractivity contribution in [1.29, 1.82) is 0 Å². The average Bonchev–Trinajstić information content (AvgIpc) is 3.09. The Bertz CT molecular complexity index is 1040. The van der Waals surface area contributed by atoms with Crippen LogP contribution in [0, 0.1) is 6.92 Å². The highest BCUT2D eigenvalue weighted by Crippen LogP contribution is 2.33. The molecule has 3 aromatic rings. The molecule has 4 heterocycles. The van der Waals surface area contributed by atoms with E-state index in [1.54, 1.807) is 0 Å². The van der Waals surface area contributed by atoms with Crippen LogP contribution in [-0.4, -0.2) is 53.6 Å². The first-order chi connectivity index (χ1) is 13.7. The van der Waals surface area contributed by atoms with E-state index in [2.05, 4.69) is 33.1 Å². The molecule has 7 nitrogen and oxygen atoms in total. The monoisotopic (exact) mass is 378 g/mol. The van der Waals surface area contributed by atoms with Gasteiger partial charge >= 0.3 is 0 Å².